The van der Waals surface area contributed by atoms with Gasteiger partial charge in [0.25, 0.3) is 6.43 Å². The minimum Gasteiger partial charge on any atom is -0.478 e. The summed E-state index contributed by atoms with van der Waals surface area (Å²) in [6, 6.07) is 0. The maximum atomic E-state index is 12.1. The SMILES string of the molecule is COCCN=C/C(C(=O)O)=C(\N)C(F)F. The lowest BCUT2D eigenvalue weighted by molar-refractivity contribution is -0.132. The van der Waals surface area contributed by atoms with Gasteiger partial charge in [-0.1, -0.05) is 0 Å². The number of allylic oxidation sites excluding steroid dienone is 1. The zero-order valence-electron chi connectivity index (χ0n) is 8.11. The molecule has 7 heteroatoms. The van der Waals surface area contributed by atoms with Crippen molar-refractivity contribution >= 4 is 12.2 Å². The lowest BCUT2D eigenvalue weighted by Gasteiger charge is -2.02. The maximum Gasteiger partial charge on any atom is 0.339 e. The van der Waals surface area contributed by atoms with Crippen LogP contribution in [0.15, 0.2) is 16.3 Å². The van der Waals surface area contributed by atoms with E-state index < -0.39 is 23.7 Å². The predicted octanol–water partition coefficient (Wildman–Crippen LogP) is 0.266. The summed E-state index contributed by atoms with van der Waals surface area (Å²) in [7, 11) is 1.44. The number of methoxy groups -OCH3 is 1. The lowest BCUT2D eigenvalue weighted by Crippen LogP contribution is -2.17. The van der Waals surface area contributed by atoms with Gasteiger partial charge < -0.3 is 15.6 Å². The van der Waals surface area contributed by atoms with Gasteiger partial charge in [0.05, 0.1) is 18.8 Å². The summed E-state index contributed by atoms with van der Waals surface area (Å²) < 4.78 is 28.8. The van der Waals surface area contributed by atoms with E-state index in [1.807, 2.05) is 0 Å². The number of nitrogens with zero attached hydrogens (tertiary/aromatic N) is 1. The fraction of sp³-hybridized carbons (Fsp3) is 0.500. The average molecular weight is 222 g/mol. The number of aliphatic carboxylic acids is 1. The van der Waals surface area contributed by atoms with Gasteiger partial charge in [0.2, 0.25) is 0 Å². The second-order valence-corrected chi connectivity index (χ2v) is 2.50. The summed E-state index contributed by atoms with van der Waals surface area (Å²) in [6.45, 7) is 0.460. The molecule has 5 nitrogen and oxygen atoms in total. The van der Waals surface area contributed by atoms with Crippen LogP contribution in [0.25, 0.3) is 0 Å². The molecule has 0 saturated carbocycles. The van der Waals surface area contributed by atoms with Crippen LogP contribution < -0.4 is 5.73 Å². The van der Waals surface area contributed by atoms with Crippen molar-refractivity contribution in [1.29, 1.82) is 0 Å². The molecule has 0 saturated heterocycles. The van der Waals surface area contributed by atoms with Crippen molar-refractivity contribution in [3.05, 3.63) is 11.3 Å². The molecule has 0 fully saturated rings. The van der Waals surface area contributed by atoms with Gasteiger partial charge in [-0.15, -0.1) is 0 Å². The van der Waals surface area contributed by atoms with Crippen LogP contribution in [0.5, 0.6) is 0 Å². The number of nitrogens with two attached hydrogens (primary N) is 1. The average Bonchev–Trinajstić information content (AvgIpc) is 2.16. The highest BCUT2D eigenvalue weighted by Crippen LogP contribution is 2.07. The summed E-state index contributed by atoms with van der Waals surface area (Å²) in [5.41, 5.74) is 3.21. The van der Waals surface area contributed by atoms with Gasteiger partial charge in [0, 0.05) is 13.3 Å². The van der Waals surface area contributed by atoms with Crippen molar-refractivity contribution in [1.82, 2.24) is 0 Å². The van der Waals surface area contributed by atoms with Crippen LogP contribution >= 0.6 is 0 Å². The Morgan fingerprint density at radius 3 is 2.67 bits per heavy atom. The number of carboxylic acids is 1. The maximum absolute atomic E-state index is 12.1. The summed E-state index contributed by atoms with van der Waals surface area (Å²) in [4.78, 5) is 14.1. The molecule has 0 atom stereocenters. The summed E-state index contributed by atoms with van der Waals surface area (Å²) in [5.74, 6) is -1.53. The molecule has 0 radical (unpaired) electrons. The molecule has 0 aliphatic heterocycles. The van der Waals surface area contributed by atoms with E-state index >= 15 is 0 Å². The van der Waals surface area contributed by atoms with E-state index in [4.69, 9.17) is 10.8 Å². The molecule has 0 aliphatic rings. The van der Waals surface area contributed by atoms with E-state index in [1.165, 1.54) is 7.11 Å². The molecule has 0 bridgehead atoms. The van der Waals surface area contributed by atoms with Crippen molar-refractivity contribution in [2.45, 2.75) is 6.43 Å². The van der Waals surface area contributed by atoms with E-state index in [1.54, 1.807) is 0 Å². The Bertz CT molecular complexity index is 277. The predicted molar refractivity (Wildman–Crippen MR) is 50.1 cm³/mol. The Morgan fingerprint density at radius 1 is 1.67 bits per heavy atom. The van der Waals surface area contributed by atoms with Crippen LogP contribution in [-0.4, -0.2) is 44.0 Å². The van der Waals surface area contributed by atoms with Crippen LogP contribution in [0.2, 0.25) is 0 Å². The molecule has 15 heavy (non-hydrogen) atoms. The van der Waals surface area contributed by atoms with Crippen LogP contribution in [0.4, 0.5) is 8.78 Å². The van der Waals surface area contributed by atoms with Crippen LogP contribution in [-0.2, 0) is 9.53 Å². The number of carboxylic acid groups (broad SMARTS) is 1. The molecule has 0 heterocycles. The van der Waals surface area contributed by atoms with Gasteiger partial charge in [-0.3, -0.25) is 4.99 Å². The molecule has 0 rings (SSSR count). The fourth-order valence-corrected chi connectivity index (χ4v) is 0.671. The molecule has 86 valence electrons. The first-order chi connectivity index (χ1) is 7.00. The van der Waals surface area contributed by atoms with Crippen molar-refractivity contribution in [3.8, 4) is 0 Å². The third kappa shape index (κ3) is 5.06. The number of hydrogen-bond acceptors (Lipinski definition) is 4. The van der Waals surface area contributed by atoms with E-state index in [9.17, 15) is 13.6 Å². The smallest absolute Gasteiger partial charge is 0.339 e. The van der Waals surface area contributed by atoms with Crippen molar-refractivity contribution in [2.24, 2.45) is 10.7 Å². The second kappa shape index (κ2) is 6.88. The molecule has 0 unspecified atom stereocenters. The number of alkyl halides is 2. The van der Waals surface area contributed by atoms with Gasteiger partial charge in [-0.2, -0.15) is 0 Å². The largest absolute Gasteiger partial charge is 0.478 e. The van der Waals surface area contributed by atoms with E-state index in [0.717, 1.165) is 6.21 Å². The van der Waals surface area contributed by atoms with Crippen molar-refractivity contribution in [3.63, 3.8) is 0 Å². The first-order valence-corrected chi connectivity index (χ1v) is 4.00. The number of rotatable bonds is 6. The Kier molecular flexibility index (Phi) is 6.19. The van der Waals surface area contributed by atoms with Crippen molar-refractivity contribution in [2.75, 3.05) is 20.3 Å². The molecule has 0 aromatic carbocycles. The van der Waals surface area contributed by atoms with Gasteiger partial charge >= 0.3 is 5.97 Å². The Hall–Kier alpha value is -1.50. The minimum atomic E-state index is -3.01. The first-order valence-electron chi connectivity index (χ1n) is 4.00. The number of hydrogen-bond donors (Lipinski definition) is 2. The molecule has 0 aliphatic carbocycles. The molecule has 0 aromatic rings. The number of aliphatic imine (C=N–C) groups is 1. The van der Waals surface area contributed by atoms with E-state index in [-0.39, 0.29) is 13.2 Å². The minimum absolute atomic E-state index is 0.184. The zero-order chi connectivity index (χ0) is 11.8. The number of halogens is 2. The first kappa shape index (κ1) is 13.5. The van der Waals surface area contributed by atoms with Gasteiger partial charge in [-0.05, 0) is 0 Å². The monoisotopic (exact) mass is 222 g/mol. The third-order valence-corrected chi connectivity index (χ3v) is 1.42. The normalized spacial score (nSPS) is 13.3. The Morgan fingerprint density at radius 2 is 2.27 bits per heavy atom. The van der Waals surface area contributed by atoms with E-state index in [2.05, 4.69) is 9.73 Å². The molecule has 0 amide bonds. The quantitative estimate of drug-likeness (QED) is 0.383. The topological polar surface area (TPSA) is 84.9 Å². The highest BCUT2D eigenvalue weighted by molar-refractivity contribution is 6.09. The highest BCUT2D eigenvalue weighted by Gasteiger charge is 2.17. The lowest BCUT2D eigenvalue weighted by atomic mass is 10.2. The van der Waals surface area contributed by atoms with E-state index in [0.29, 0.717) is 0 Å². The Labute approximate surface area is 85.2 Å². The summed E-state index contributed by atoms with van der Waals surface area (Å²) >= 11 is 0. The van der Waals surface area contributed by atoms with Gasteiger partial charge in [-0.25, -0.2) is 13.6 Å². The zero-order valence-corrected chi connectivity index (χ0v) is 8.11. The molecule has 0 spiro atoms. The van der Waals surface area contributed by atoms with Crippen molar-refractivity contribution < 1.29 is 23.4 Å². The summed E-state index contributed by atoms with van der Waals surface area (Å²) in [5, 5.41) is 8.56. The summed E-state index contributed by atoms with van der Waals surface area (Å²) in [6.07, 6.45) is -2.20. The number of carbonyl (C=O) groups is 1. The second-order valence-electron chi connectivity index (χ2n) is 2.50. The standard InChI is InChI=1S/C8H12F2N2O3/c1-15-3-2-12-4-5(8(13)14)6(11)7(9)10/h4,7H,2-3,11H2,1H3,(H,13,14)/b6-5+,12-4?. The van der Waals surface area contributed by atoms with Crippen LogP contribution in [0.1, 0.15) is 0 Å². The third-order valence-electron chi connectivity index (χ3n) is 1.42. The molecular formula is C8H12F2N2O3. The Balaban J connectivity index is 4.62. The van der Waals surface area contributed by atoms with Crippen LogP contribution in [0.3, 0.4) is 0 Å². The molecule has 3 N–H and O–H groups in total. The molecule has 0 aromatic heterocycles. The highest BCUT2D eigenvalue weighted by atomic mass is 19.3. The number of ether oxygens (including phenoxy) is 1. The van der Waals surface area contributed by atoms with Gasteiger partial charge in [0.15, 0.2) is 0 Å². The molecular weight excluding hydrogens is 210 g/mol. The van der Waals surface area contributed by atoms with Gasteiger partial charge in [0.1, 0.15) is 5.57 Å². The van der Waals surface area contributed by atoms with Crippen LogP contribution in [0, 0.1) is 0 Å². The fourth-order valence-electron chi connectivity index (χ4n) is 0.671.